The van der Waals surface area contributed by atoms with Crippen LogP contribution in [0.3, 0.4) is 0 Å². The average Bonchev–Trinajstić information content (AvgIpc) is 2.26. The van der Waals surface area contributed by atoms with E-state index < -0.39 is 10.9 Å². The van der Waals surface area contributed by atoms with Gasteiger partial charge in [0.05, 0.1) is 10.5 Å². The number of nitro groups is 1. The summed E-state index contributed by atoms with van der Waals surface area (Å²) in [7, 11) is 0. The highest BCUT2D eigenvalue weighted by molar-refractivity contribution is 6.32. The Morgan fingerprint density at radius 2 is 2.24 bits per heavy atom. The maximum Gasteiger partial charge on any atom is 0.335 e. The van der Waals surface area contributed by atoms with Crippen molar-refractivity contribution in [3.8, 4) is 0 Å². The van der Waals surface area contributed by atoms with Crippen molar-refractivity contribution in [2.75, 3.05) is 0 Å². The van der Waals surface area contributed by atoms with E-state index in [9.17, 15) is 14.9 Å². The van der Waals surface area contributed by atoms with Crippen LogP contribution in [0, 0.1) is 10.1 Å². The number of benzene rings is 1. The summed E-state index contributed by atoms with van der Waals surface area (Å²) in [6, 6.07) is 4.07. The second-order valence-corrected chi connectivity index (χ2v) is 3.69. The van der Waals surface area contributed by atoms with Gasteiger partial charge in [-0.1, -0.05) is 24.6 Å². The van der Waals surface area contributed by atoms with Gasteiger partial charge in [-0.3, -0.25) is 10.1 Å². The fourth-order valence-corrected chi connectivity index (χ4v) is 1.48. The van der Waals surface area contributed by atoms with Crippen molar-refractivity contribution in [3.05, 3.63) is 50.2 Å². The molecule has 0 aliphatic heterocycles. The van der Waals surface area contributed by atoms with Gasteiger partial charge in [0.25, 0.3) is 0 Å². The molecule has 1 rings (SSSR count). The molecule has 1 aromatic rings. The van der Waals surface area contributed by atoms with Crippen molar-refractivity contribution in [1.82, 2.24) is 0 Å². The van der Waals surface area contributed by atoms with Gasteiger partial charge in [-0.15, -0.1) is 0 Å². The molecule has 0 saturated heterocycles. The number of hydrogen-bond acceptors (Lipinski definition) is 3. The molecular weight excluding hydrogens is 246 g/mol. The Hall–Kier alpha value is -1.88. The second-order valence-electron chi connectivity index (χ2n) is 3.29. The van der Waals surface area contributed by atoms with Gasteiger partial charge in [0, 0.05) is 17.5 Å². The molecule has 6 heteroatoms. The summed E-state index contributed by atoms with van der Waals surface area (Å²) in [6.45, 7) is 1.66. The number of carboxylic acid groups (broad SMARTS) is 1. The van der Waals surface area contributed by atoms with Crippen LogP contribution in [0.25, 0.3) is 6.08 Å². The molecule has 0 amide bonds. The number of carboxylic acids is 1. The van der Waals surface area contributed by atoms with Gasteiger partial charge >= 0.3 is 5.97 Å². The maximum atomic E-state index is 10.7. The molecule has 0 aliphatic rings. The minimum Gasteiger partial charge on any atom is -0.478 e. The summed E-state index contributed by atoms with van der Waals surface area (Å²) in [5.41, 5.74) is 0.506. The molecule has 0 atom stereocenters. The quantitative estimate of drug-likeness (QED) is 0.662. The molecule has 0 fully saturated rings. The predicted octanol–water partition coefficient (Wildman–Crippen LogP) is 3.07. The number of carbonyl (C=O) groups is 1. The summed E-state index contributed by atoms with van der Waals surface area (Å²) < 4.78 is 0. The number of hydrogen-bond donors (Lipinski definition) is 1. The highest BCUT2D eigenvalue weighted by Gasteiger charge is 2.10. The molecule has 0 heterocycles. The monoisotopic (exact) mass is 255 g/mol. The van der Waals surface area contributed by atoms with E-state index in [1.54, 1.807) is 6.92 Å². The molecule has 0 saturated carbocycles. The Kier molecular flexibility index (Phi) is 4.23. The molecule has 0 aliphatic carbocycles. The van der Waals surface area contributed by atoms with Crippen molar-refractivity contribution in [1.29, 1.82) is 0 Å². The molecule has 0 spiro atoms. The van der Waals surface area contributed by atoms with Gasteiger partial charge in [0.15, 0.2) is 0 Å². The van der Waals surface area contributed by atoms with E-state index in [-0.39, 0.29) is 22.7 Å². The lowest BCUT2D eigenvalue weighted by molar-refractivity contribution is -0.425. The van der Waals surface area contributed by atoms with Crippen LogP contribution >= 0.6 is 11.6 Å². The summed E-state index contributed by atoms with van der Waals surface area (Å²) in [5, 5.41) is 19.5. The lowest BCUT2D eigenvalue weighted by atomic mass is 10.1. The number of allylic oxidation sites excluding steroid dienone is 1. The third-order valence-electron chi connectivity index (χ3n) is 2.17. The van der Waals surface area contributed by atoms with E-state index in [2.05, 4.69) is 0 Å². The van der Waals surface area contributed by atoms with Crippen molar-refractivity contribution in [2.24, 2.45) is 0 Å². The number of nitrogens with zero attached hydrogens (tertiary/aromatic N) is 1. The van der Waals surface area contributed by atoms with Gasteiger partial charge in [-0.2, -0.15) is 0 Å². The standard InChI is InChI=1S/C11H10ClNO4/c1-2-9(13(16)17)5-7-3-4-8(11(14)15)6-10(7)12/h3-6H,2H2,1H3,(H,14,15). The third-order valence-corrected chi connectivity index (χ3v) is 2.49. The van der Waals surface area contributed by atoms with Crippen LogP contribution in [0.1, 0.15) is 29.3 Å². The van der Waals surface area contributed by atoms with Crippen molar-refractivity contribution in [3.63, 3.8) is 0 Å². The van der Waals surface area contributed by atoms with Crippen LogP contribution in [-0.4, -0.2) is 16.0 Å². The molecule has 0 unspecified atom stereocenters. The second kappa shape index (κ2) is 5.45. The topological polar surface area (TPSA) is 80.4 Å². The first-order valence-corrected chi connectivity index (χ1v) is 5.21. The molecular formula is C11H10ClNO4. The van der Waals surface area contributed by atoms with E-state index in [1.807, 2.05) is 0 Å². The zero-order chi connectivity index (χ0) is 13.0. The highest BCUT2D eigenvalue weighted by Crippen LogP contribution is 2.21. The van der Waals surface area contributed by atoms with Gasteiger partial charge < -0.3 is 5.11 Å². The highest BCUT2D eigenvalue weighted by atomic mass is 35.5. The molecule has 1 aromatic carbocycles. The van der Waals surface area contributed by atoms with Gasteiger partial charge in [0.1, 0.15) is 0 Å². The first kappa shape index (κ1) is 13.2. The van der Waals surface area contributed by atoms with E-state index in [0.717, 1.165) is 0 Å². The van der Waals surface area contributed by atoms with Crippen LogP contribution in [0.5, 0.6) is 0 Å². The SMILES string of the molecule is CCC(=Cc1ccc(C(=O)O)cc1Cl)[N+](=O)[O-]. The molecule has 0 radical (unpaired) electrons. The first-order valence-electron chi connectivity index (χ1n) is 4.83. The lowest BCUT2D eigenvalue weighted by Gasteiger charge is -2.01. The molecule has 5 nitrogen and oxygen atoms in total. The zero-order valence-electron chi connectivity index (χ0n) is 9.01. The van der Waals surface area contributed by atoms with E-state index in [1.165, 1.54) is 24.3 Å². The van der Waals surface area contributed by atoms with Crippen LogP contribution < -0.4 is 0 Å². The largest absolute Gasteiger partial charge is 0.478 e. The van der Waals surface area contributed by atoms with Gasteiger partial charge in [-0.05, 0) is 17.7 Å². The van der Waals surface area contributed by atoms with Crippen molar-refractivity contribution in [2.45, 2.75) is 13.3 Å². The Bertz CT molecular complexity index is 496. The van der Waals surface area contributed by atoms with Crippen molar-refractivity contribution < 1.29 is 14.8 Å². The average molecular weight is 256 g/mol. The Balaban J connectivity index is 3.16. The van der Waals surface area contributed by atoms with Crippen LogP contribution in [0.4, 0.5) is 0 Å². The number of halogens is 1. The molecule has 1 N–H and O–H groups in total. The fraction of sp³-hybridized carbons (Fsp3) is 0.182. The zero-order valence-corrected chi connectivity index (χ0v) is 9.77. The third kappa shape index (κ3) is 3.29. The summed E-state index contributed by atoms with van der Waals surface area (Å²) in [5.74, 6) is -1.09. The lowest BCUT2D eigenvalue weighted by Crippen LogP contribution is -1.98. The summed E-state index contributed by atoms with van der Waals surface area (Å²) >= 11 is 5.85. The number of aromatic carboxylic acids is 1. The molecule has 0 bridgehead atoms. The summed E-state index contributed by atoms with van der Waals surface area (Å²) in [6.07, 6.45) is 1.61. The Morgan fingerprint density at radius 1 is 1.59 bits per heavy atom. The van der Waals surface area contributed by atoms with E-state index in [0.29, 0.717) is 5.56 Å². The molecule has 90 valence electrons. The van der Waals surface area contributed by atoms with Crippen LogP contribution in [0.2, 0.25) is 5.02 Å². The number of rotatable bonds is 4. The fourth-order valence-electron chi connectivity index (χ4n) is 1.24. The van der Waals surface area contributed by atoms with Crippen molar-refractivity contribution >= 4 is 23.6 Å². The minimum atomic E-state index is -1.09. The first-order chi connectivity index (χ1) is 7.95. The Morgan fingerprint density at radius 3 is 2.65 bits per heavy atom. The van der Waals surface area contributed by atoms with Crippen LogP contribution in [-0.2, 0) is 0 Å². The molecule has 17 heavy (non-hydrogen) atoms. The van der Waals surface area contributed by atoms with E-state index in [4.69, 9.17) is 16.7 Å². The predicted molar refractivity (Wildman–Crippen MR) is 63.7 cm³/mol. The van der Waals surface area contributed by atoms with Gasteiger partial charge in [-0.25, -0.2) is 4.79 Å². The minimum absolute atomic E-state index is 0.0231. The Labute approximate surface area is 102 Å². The smallest absolute Gasteiger partial charge is 0.335 e. The maximum absolute atomic E-state index is 10.7. The summed E-state index contributed by atoms with van der Waals surface area (Å²) in [4.78, 5) is 20.8. The normalized spacial score (nSPS) is 11.3. The van der Waals surface area contributed by atoms with Crippen LogP contribution in [0.15, 0.2) is 23.9 Å². The molecule has 0 aromatic heterocycles. The van der Waals surface area contributed by atoms with Gasteiger partial charge in [0.2, 0.25) is 5.70 Å². The van der Waals surface area contributed by atoms with E-state index >= 15 is 0 Å².